The molecule has 1 aliphatic rings. The van der Waals surface area contributed by atoms with Gasteiger partial charge in [0.25, 0.3) is 0 Å². The van der Waals surface area contributed by atoms with Gasteiger partial charge in [-0.3, -0.25) is 14.6 Å². The topological polar surface area (TPSA) is 44.8 Å². The highest BCUT2D eigenvalue weighted by atomic mass is 35.5. The SMILES string of the molecule is COCCN1CCN([C@H](C)C(=O)NCc2ccccc2Cl)CC1. The Balaban J connectivity index is 1.76. The van der Waals surface area contributed by atoms with Crippen LogP contribution in [-0.2, 0) is 16.1 Å². The van der Waals surface area contributed by atoms with Crippen molar-refractivity contribution < 1.29 is 9.53 Å². The number of nitrogens with zero attached hydrogens (tertiary/aromatic N) is 2. The lowest BCUT2D eigenvalue weighted by Gasteiger charge is -2.37. The first-order chi connectivity index (χ1) is 11.1. The van der Waals surface area contributed by atoms with Crippen LogP contribution in [-0.4, -0.2) is 68.2 Å². The standard InChI is InChI=1S/C17H26ClN3O2/c1-14(21-9-7-20(8-10-21)11-12-23-2)17(22)19-13-15-5-3-4-6-16(15)18/h3-6,14H,7-13H2,1-2H3,(H,19,22)/t14-/m1/s1. The summed E-state index contributed by atoms with van der Waals surface area (Å²) in [5.74, 6) is 0.0512. The molecule has 6 heteroatoms. The van der Waals surface area contributed by atoms with Gasteiger partial charge in [-0.1, -0.05) is 29.8 Å². The molecule has 0 saturated carbocycles. The maximum absolute atomic E-state index is 12.4. The highest BCUT2D eigenvalue weighted by Gasteiger charge is 2.25. The van der Waals surface area contributed by atoms with Crippen LogP contribution in [0.5, 0.6) is 0 Å². The second kappa shape index (κ2) is 9.23. The first-order valence-electron chi connectivity index (χ1n) is 8.08. The molecule has 2 rings (SSSR count). The fourth-order valence-electron chi connectivity index (χ4n) is 2.73. The van der Waals surface area contributed by atoms with E-state index < -0.39 is 0 Å². The van der Waals surface area contributed by atoms with Crippen LogP contribution in [0.1, 0.15) is 12.5 Å². The van der Waals surface area contributed by atoms with E-state index in [1.165, 1.54) is 0 Å². The summed E-state index contributed by atoms with van der Waals surface area (Å²) in [6, 6.07) is 7.46. The highest BCUT2D eigenvalue weighted by molar-refractivity contribution is 6.31. The molecule has 0 aliphatic carbocycles. The summed E-state index contributed by atoms with van der Waals surface area (Å²) in [5, 5.41) is 3.67. The number of methoxy groups -OCH3 is 1. The van der Waals surface area contributed by atoms with Gasteiger partial charge >= 0.3 is 0 Å². The van der Waals surface area contributed by atoms with Gasteiger partial charge in [0.05, 0.1) is 12.6 Å². The van der Waals surface area contributed by atoms with Crippen molar-refractivity contribution in [1.82, 2.24) is 15.1 Å². The molecule has 128 valence electrons. The Morgan fingerprint density at radius 2 is 2.00 bits per heavy atom. The van der Waals surface area contributed by atoms with Crippen molar-refractivity contribution in [2.45, 2.75) is 19.5 Å². The molecule has 1 aromatic rings. The van der Waals surface area contributed by atoms with E-state index in [4.69, 9.17) is 16.3 Å². The van der Waals surface area contributed by atoms with Crippen LogP contribution < -0.4 is 5.32 Å². The van der Waals surface area contributed by atoms with E-state index in [1.807, 2.05) is 31.2 Å². The van der Waals surface area contributed by atoms with Crippen LogP contribution in [0.4, 0.5) is 0 Å². The molecule has 0 aromatic heterocycles. The zero-order chi connectivity index (χ0) is 16.7. The van der Waals surface area contributed by atoms with Gasteiger partial charge < -0.3 is 10.1 Å². The monoisotopic (exact) mass is 339 g/mol. The number of benzene rings is 1. The summed E-state index contributed by atoms with van der Waals surface area (Å²) < 4.78 is 5.11. The van der Waals surface area contributed by atoms with E-state index in [1.54, 1.807) is 7.11 Å². The molecular formula is C17H26ClN3O2. The lowest BCUT2D eigenvalue weighted by atomic mass is 10.2. The predicted molar refractivity (Wildman–Crippen MR) is 92.6 cm³/mol. The first-order valence-corrected chi connectivity index (χ1v) is 8.46. The lowest BCUT2D eigenvalue weighted by molar-refractivity contribution is -0.126. The first kappa shape index (κ1) is 18.2. The minimum absolute atomic E-state index is 0.0512. The van der Waals surface area contributed by atoms with Crippen LogP contribution in [0.3, 0.4) is 0 Å². The number of rotatable bonds is 7. The predicted octanol–water partition coefficient (Wildman–Crippen LogP) is 1.61. The van der Waals surface area contributed by atoms with Gasteiger partial charge in [0, 0.05) is 51.4 Å². The van der Waals surface area contributed by atoms with E-state index in [2.05, 4.69) is 15.1 Å². The zero-order valence-corrected chi connectivity index (χ0v) is 14.7. The maximum Gasteiger partial charge on any atom is 0.237 e. The third-order valence-corrected chi connectivity index (χ3v) is 4.73. The van der Waals surface area contributed by atoms with Crippen molar-refractivity contribution in [1.29, 1.82) is 0 Å². The highest BCUT2D eigenvalue weighted by Crippen LogP contribution is 2.14. The minimum atomic E-state index is -0.123. The van der Waals surface area contributed by atoms with Crippen molar-refractivity contribution in [2.24, 2.45) is 0 Å². The number of carbonyl (C=O) groups excluding carboxylic acids is 1. The van der Waals surface area contributed by atoms with E-state index in [0.29, 0.717) is 11.6 Å². The van der Waals surface area contributed by atoms with E-state index in [-0.39, 0.29) is 11.9 Å². The number of carbonyl (C=O) groups is 1. The summed E-state index contributed by atoms with van der Waals surface area (Å²) in [4.78, 5) is 16.9. The molecule has 0 unspecified atom stereocenters. The Labute approximate surface area is 143 Å². The third-order valence-electron chi connectivity index (χ3n) is 4.36. The van der Waals surface area contributed by atoms with E-state index >= 15 is 0 Å². The van der Waals surface area contributed by atoms with Crippen molar-refractivity contribution in [3.05, 3.63) is 34.9 Å². The van der Waals surface area contributed by atoms with Crippen molar-refractivity contribution in [3.8, 4) is 0 Å². The van der Waals surface area contributed by atoms with Crippen LogP contribution in [0.2, 0.25) is 5.02 Å². The fourth-order valence-corrected chi connectivity index (χ4v) is 2.93. The summed E-state index contributed by atoms with van der Waals surface area (Å²) in [6.45, 7) is 7.92. The van der Waals surface area contributed by atoms with Gasteiger partial charge in [0.15, 0.2) is 0 Å². The molecule has 5 nitrogen and oxygen atoms in total. The molecule has 1 aromatic carbocycles. The normalized spacial score (nSPS) is 17.9. The third kappa shape index (κ3) is 5.46. The van der Waals surface area contributed by atoms with E-state index in [9.17, 15) is 4.79 Å². The molecule has 1 amide bonds. The number of ether oxygens (including phenoxy) is 1. The van der Waals surface area contributed by atoms with Gasteiger partial charge in [0.1, 0.15) is 0 Å². The quantitative estimate of drug-likeness (QED) is 0.819. The number of hydrogen-bond donors (Lipinski definition) is 1. The molecule has 1 N–H and O–H groups in total. The van der Waals surface area contributed by atoms with Crippen molar-refractivity contribution >= 4 is 17.5 Å². The number of piperazine rings is 1. The average molecular weight is 340 g/mol. The van der Waals surface area contributed by atoms with Crippen LogP contribution >= 0.6 is 11.6 Å². The van der Waals surface area contributed by atoms with E-state index in [0.717, 1.165) is 44.9 Å². The smallest absolute Gasteiger partial charge is 0.237 e. The Morgan fingerprint density at radius 1 is 1.30 bits per heavy atom. The fraction of sp³-hybridized carbons (Fsp3) is 0.588. The van der Waals surface area contributed by atoms with Gasteiger partial charge in [-0.05, 0) is 18.6 Å². The molecule has 1 fully saturated rings. The summed E-state index contributed by atoms with van der Waals surface area (Å²) in [7, 11) is 1.72. The number of amides is 1. The largest absolute Gasteiger partial charge is 0.383 e. The molecule has 1 saturated heterocycles. The lowest BCUT2D eigenvalue weighted by Crippen LogP contribution is -2.54. The molecule has 23 heavy (non-hydrogen) atoms. The second-order valence-corrected chi connectivity index (χ2v) is 6.26. The minimum Gasteiger partial charge on any atom is -0.383 e. The number of halogens is 1. The van der Waals surface area contributed by atoms with Crippen LogP contribution in [0.25, 0.3) is 0 Å². The van der Waals surface area contributed by atoms with Crippen LogP contribution in [0, 0.1) is 0 Å². The molecule has 0 spiro atoms. The summed E-state index contributed by atoms with van der Waals surface area (Å²) in [6.07, 6.45) is 0. The van der Waals surface area contributed by atoms with Crippen LogP contribution in [0.15, 0.2) is 24.3 Å². The summed E-state index contributed by atoms with van der Waals surface area (Å²) in [5.41, 5.74) is 0.944. The zero-order valence-electron chi connectivity index (χ0n) is 13.9. The molecule has 1 aliphatic heterocycles. The van der Waals surface area contributed by atoms with Crippen molar-refractivity contribution in [2.75, 3.05) is 46.4 Å². The average Bonchev–Trinajstić information content (AvgIpc) is 2.59. The number of hydrogen-bond acceptors (Lipinski definition) is 4. The van der Waals surface area contributed by atoms with Gasteiger partial charge in [-0.25, -0.2) is 0 Å². The molecule has 1 heterocycles. The Morgan fingerprint density at radius 3 is 2.65 bits per heavy atom. The molecule has 0 bridgehead atoms. The number of nitrogens with one attached hydrogen (secondary N) is 1. The molecule has 0 radical (unpaired) electrons. The van der Waals surface area contributed by atoms with Gasteiger partial charge in [-0.15, -0.1) is 0 Å². The van der Waals surface area contributed by atoms with Gasteiger partial charge in [0.2, 0.25) is 5.91 Å². The molecular weight excluding hydrogens is 314 g/mol. The Hall–Kier alpha value is -1.14. The van der Waals surface area contributed by atoms with Crippen molar-refractivity contribution in [3.63, 3.8) is 0 Å². The van der Waals surface area contributed by atoms with Gasteiger partial charge in [-0.2, -0.15) is 0 Å². The maximum atomic E-state index is 12.4. The Bertz CT molecular complexity index is 504. The molecule has 1 atom stereocenters. The summed E-state index contributed by atoms with van der Waals surface area (Å²) >= 11 is 6.12. The Kier molecular flexibility index (Phi) is 7.30. The second-order valence-electron chi connectivity index (χ2n) is 5.86.